The van der Waals surface area contributed by atoms with Crippen LogP contribution in [0.5, 0.6) is 11.5 Å². The third-order valence-corrected chi connectivity index (χ3v) is 3.67. The van der Waals surface area contributed by atoms with Crippen molar-refractivity contribution in [2.75, 3.05) is 19.0 Å². The van der Waals surface area contributed by atoms with Crippen molar-refractivity contribution in [3.05, 3.63) is 54.1 Å². The highest BCUT2D eigenvalue weighted by Crippen LogP contribution is 2.29. The lowest BCUT2D eigenvalue weighted by molar-refractivity contribution is -0.123. The molecule has 0 fully saturated rings. The minimum atomic E-state index is -0.944. The molecule has 1 atom stereocenters. The fourth-order valence-corrected chi connectivity index (χ4v) is 2.22. The molecule has 1 N–H and O–H groups in total. The second kappa shape index (κ2) is 9.62. The fourth-order valence-electron chi connectivity index (χ4n) is 2.22. The Morgan fingerprint density at radius 2 is 1.70 bits per heavy atom. The molecule has 0 heterocycles. The van der Waals surface area contributed by atoms with Crippen LogP contribution in [-0.4, -0.2) is 31.7 Å². The smallest absolute Gasteiger partial charge is 0.339 e. The Labute approximate surface area is 159 Å². The summed E-state index contributed by atoms with van der Waals surface area (Å²) >= 11 is 0. The first-order chi connectivity index (χ1) is 12.9. The topological polar surface area (TPSA) is 73.9 Å². The molecule has 0 unspecified atom stereocenters. The summed E-state index contributed by atoms with van der Waals surface area (Å²) in [5.41, 5.74) is 0.918. The van der Waals surface area contributed by atoms with Gasteiger partial charge in [-0.15, -0.1) is 0 Å². The Morgan fingerprint density at radius 3 is 2.33 bits per heavy atom. The van der Waals surface area contributed by atoms with Crippen molar-refractivity contribution < 1.29 is 23.8 Å². The Morgan fingerprint density at radius 1 is 1.00 bits per heavy atom. The van der Waals surface area contributed by atoms with Crippen molar-refractivity contribution in [2.45, 2.75) is 26.9 Å². The number of esters is 1. The summed E-state index contributed by atoms with van der Waals surface area (Å²) < 4.78 is 16.2. The van der Waals surface area contributed by atoms with Crippen LogP contribution < -0.4 is 14.8 Å². The summed E-state index contributed by atoms with van der Waals surface area (Å²) in [5, 5.41) is 2.70. The van der Waals surface area contributed by atoms with Crippen molar-refractivity contribution in [1.82, 2.24) is 0 Å². The van der Waals surface area contributed by atoms with Gasteiger partial charge in [-0.2, -0.15) is 0 Å². The lowest BCUT2D eigenvalue weighted by atomic mass is 10.2. The van der Waals surface area contributed by atoms with E-state index in [2.05, 4.69) is 5.32 Å². The molecule has 0 aromatic heterocycles. The van der Waals surface area contributed by atoms with Crippen molar-refractivity contribution in [3.8, 4) is 11.5 Å². The second-order valence-electron chi connectivity index (χ2n) is 6.47. The quantitative estimate of drug-likeness (QED) is 0.712. The first kappa shape index (κ1) is 20.3. The van der Waals surface area contributed by atoms with Gasteiger partial charge in [-0.3, -0.25) is 4.79 Å². The molecule has 144 valence electrons. The summed E-state index contributed by atoms with van der Waals surface area (Å²) in [6, 6.07) is 13.8. The third kappa shape index (κ3) is 6.02. The number of benzene rings is 2. The van der Waals surface area contributed by atoms with Gasteiger partial charge in [-0.1, -0.05) is 32.0 Å². The molecule has 0 aliphatic carbocycles. The molecule has 0 spiro atoms. The number of carbonyl (C=O) groups excluding carboxylic acids is 2. The van der Waals surface area contributed by atoms with E-state index in [4.69, 9.17) is 14.2 Å². The maximum Gasteiger partial charge on any atom is 0.339 e. The van der Waals surface area contributed by atoms with Crippen LogP contribution in [-0.2, 0) is 9.53 Å². The summed E-state index contributed by atoms with van der Waals surface area (Å²) in [4.78, 5) is 24.5. The molecule has 1 amide bonds. The highest BCUT2D eigenvalue weighted by Gasteiger charge is 2.20. The highest BCUT2D eigenvalue weighted by molar-refractivity contribution is 5.97. The molecule has 2 aromatic carbocycles. The van der Waals surface area contributed by atoms with Gasteiger partial charge in [0.15, 0.2) is 17.6 Å². The van der Waals surface area contributed by atoms with Gasteiger partial charge >= 0.3 is 5.97 Å². The Hall–Kier alpha value is -3.02. The summed E-state index contributed by atoms with van der Waals surface area (Å²) in [5.74, 6) is 0.338. The highest BCUT2D eigenvalue weighted by atomic mass is 16.5. The molecular weight excluding hydrogens is 346 g/mol. The number of amides is 1. The number of carbonyl (C=O) groups is 2. The van der Waals surface area contributed by atoms with Crippen LogP contribution in [0, 0.1) is 5.92 Å². The third-order valence-electron chi connectivity index (χ3n) is 3.67. The predicted octanol–water partition coefficient (Wildman–Crippen LogP) is 3.91. The number of hydrogen-bond acceptors (Lipinski definition) is 5. The standard InChI is InChI=1S/C21H25NO5/c1-14(2)13-26-18-11-10-16(12-19(18)25-4)21(24)27-15(3)20(23)22-17-8-6-5-7-9-17/h5-12,14-15H,13H2,1-4H3,(H,22,23)/t15-/m0/s1. The maximum atomic E-state index is 12.4. The van der Waals surface area contributed by atoms with Crippen LogP contribution in [0.15, 0.2) is 48.5 Å². The Kier molecular flexibility index (Phi) is 7.23. The molecule has 6 nitrogen and oxygen atoms in total. The van der Waals surface area contributed by atoms with Gasteiger partial charge in [-0.25, -0.2) is 4.79 Å². The van der Waals surface area contributed by atoms with Crippen LogP contribution >= 0.6 is 0 Å². The van der Waals surface area contributed by atoms with Gasteiger partial charge in [0.05, 0.1) is 19.3 Å². The summed E-state index contributed by atoms with van der Waals surface area (Å²) in [7, 11) is 1.50. The number of anilines is 1. The average Bonchev–Trinajstić information content (AvgIpc) is 2.66. The summed E-state index contributed by atoms with van der Waals surface area (Å²) in [6.45, 7) is 6.14. The number of para-hydroxylation sites is 1. The van der Waals surface area contributed by atoms with Crippen LogP contribution in [0.2, 0.25) is 0 Å². The first-order valence-corrected chi connectivity index (χ1v) is 8.78. The average molecular weight is 371 g/mol. The van der Waals surface area contributed by atoms with E-state index in [0.717, 1.165) is 0 Å². The van der Waals surface area contributed by atoms with Crippen LogP contribution in [0.3, 0.4) is 0 Å². The fraction of sp³-hybridized carbons (Fsp3) is 0.333. The van der Waals surface area contributed by atoms with E-state index in [9.17, 15) is 9.59 Å². The van der Waals surface area contributed by atoms with Crippen LogP contribution in [0.25, 0.3) is 0 Å². The minimum absolute atomic E-state index is 0.281. The molecule has 0 saturated heterocycles. The monoisotopic (exact) mass is 371 g/mol. The Bertz CT molecular complexity index is 773. The van der Waals surface area contributed by atoms with Gasteiger partial charge in [0.25, 0.3) is 5.91 Å². The lowest BCUT2D eigenvalue weighted by Crippen LogP contribution is -2.30. The number of ether oxygens (including phenoxy) is 3. The van der Waals surface area contributed by atoms with Gasteiger partial charge < -0.3 is 19.5 Å². The number of hydrogen-bond donors (Lipinski definition) is 1. The predicted molar refractivity (Wildman–Crippen MR) is 103 cm³/mol. The maximum absolute atomic E-state index is 12.4. The molecule has 2 rings (SSSR count). The van der Waals surface area contributed by atoms with Gasteiger partial charge in [0.1, 0.15) is 0 Å². The normalized spacial score (nSPS) is 11.6. The van der Waals surface area contributed by atoms with Gasteiger partial charge in [0, 0.05) is 5.69 Å². The zero-order chi connectivity index (χ0) is 19.8. The lowest BCUT2D eigenvalue weighted by Gasteiger charge is -2.15. The summed E-state index contributed by atoms with van der Waals surface area (Å²) in [6.07, 6.45) is -0.944. The van der Waals surface area contributed by atoms with Crippen molar-refractivity contribution in [2.24, 2.45) is 5.92 Å². The number of nitrogens with one attached hydrogen (secondary N) is 1. The SMILES string of the molecule is COc1cc(C(=O)O[C@@H](C)C(=O)Nc2ccccc2)ccc1OCC(C)C. The van der Waals surface area contributed by atoms with Crippen LogP contribution in [0.4, 0.5) is 5.69 Å². The minimum Gasteiger partial charge on any atom is -0.493 e. The molecule has 0 radical (unpaired) electrons. The molecule has 0 aliphatic heterocycles. The molecule has 6 heteroatoms. The molecule has 2 aromatic rings. The van der Waals surface area contributed by atoms with Gasteiger partial charge in [-0.05, 0) is 43.2 Å². The van der Waals surface area contributed by atoms with Crippen LogP contribution in [0.1, 0.15) is 31.1 Å². The number of methoxy groups -OCH3 is 1. The van der Waals surface area contributed by atoms with Gasteiger partial charge in [0.2, 0.25) is 0 Å². The van der Waals surface area contributed by atoms with E-state index in [-0.39, 0.29) is 5.56 Å². The molecule has 0 aliphatic rings. The zero-order valence-corrected chi connectivity index (χ0v) is 16.0. The van der Waals surface area contributed by atoms with E-state index in [1.807, 2.05) is 32.0 Å². The number of rotatable bonds is 8. The largest absolute Gasteiger partial charge is 0.493 e. The van der Waals surface area contributed by atoms with Crippen molar-refractivity contribution in [3.63, 3.8) is 0 Å². The Balaban J connectivity index is 2.00. The van der Waals surface area contributed by atoms with Crippen molar-refractivity contribution in [1.29, 1.82) is 0 Å². The van der Waals surface area contributed by atoms with E-state index in [1.54, 1.807) is 30.3 Å². The first-order valence-electron chi connectivity index (χ1n) is 8.78. The van der Waals surface area contributed by atoms with E-state index in [1.165, 1.54) is 14.0 Å². The van der Waals surface area contributed by atoms with E-state index < -0.39 is 18.0 Å². The molecule has 27 heavy (non-hydrogen) atoms. The second-order valence-corrected chi connectivity index (χ2v) is 6.47. The molecule has 0 bridgehead atoms. The molecular formula is C21H25NO5. The van der Waals surface area contributed by atoms with Crippen molar-refractivity contribution >= 4 is 17.6 Å². The van der Waals surface area contributed by atoms with E-state index >= 15 is 0 Å². The van der Waals surface area contributed by atoms with E-state index in [0.29, 0.717) is 29.7 Å². The zero-order valence-electron chi connectivity index (χ0n) is 16.0. The molecule has 0 saturated carbocycles.